The maximum Gasteiger partial charge on any atom is 0.189 e. The Balaban J connectivity index is 2.60. The summed E-state index contributed by atoms with van der Waals surface area (Å²) < 4.78 is 0.661. The average Bonchev–Trinajstić information content (AvgIpc) is 2.63. The molecule has 1 rings (SSSR count). The van der Waals surface area contributed by atoms with Crippen LogP contribution in [0.25, 0.3) is 0 Å². The van der Waals surface area contributed by atoms with Crippen molar-refractivity contribution in [1.82, 2.24) is 5.32 Å². The van der Waals surface area contributed by atoms with Crippen molar-refractivity contribution >= 4 is 28.7 Å². The lowest BCUT2D eigenvalue weighted by molar-refractivity contribution is 0.0949. The Bertz CT molecular complexity index is 337. The summed E-state index contributed by atoms with van der Waals surface area (Å²) in [7, 11) is 0. The molecule has 1 N–H and O–H groups in total. The largest absolute Gasteiger partial charge is 0.305 e. The van der Waals surface area contributed by atoms with Crippen LogP contribution >= 0.6 is 22.9 Å². The number of nitrogens with one attached hydrogen (secondary N) is 1. The first kappa shape index (κ1) is 12.7. The lowest BCUT2D eigenvalue weighted by atomic mass is 10.1. The van der Waals surface area contributed by atoms with E-state index < -0.39 is 0 Å². The zero-order valence-electron chi connectivity index (χ0n) is 9.21. The van der Waals surface area contributed by atoms with E-state index in [0.717, 1.165) is 11.3 Å². The minimum atomic E-state index is -0.144. The van der Waals surface area contributed by atoms with Gasteiger partial charge in [0.25, 0.3) is 0 Å². The standard InChI is InChI=1S/C11H16ClNOS/c1-4-7(2)13-8(3)11(14)9-5-6-10(12)15-9/h5-8,13H,4H2,1-3H3. The van der Waals surface area contributed by atoms with Crippen LogP contribution in [0.15, 0.2) is 12.1 Å². The smallest absolute Gasteiger partial charge is 0.189 e. The van der Waals surface area contributed by atoms with Crippen LogP contribution < -0.4 is 5.32 Å². The highest BCUT2D eigenvalue weighted by molar-refractivity contribution is 7.18. The molecule has 1 aromatic rings. The third kappa shape index (κ3) is 3.59. The molecule has 0 saturated heterocycles. The molecule has 0 fully saturated rings. The van der Waals surface area contributed by atoms with Gasteiger partial charge in [-0.2, -0.15) is 0 Å². The maximum absolute atomic E-state index is 11.9. The number of thiophene rings is 1. The molecule has 0 saturated carbocycles. The molecule has 0 aliphatic rings. The van der Waals surface area contributed by atoms with Gasteiger partial charge in [0.1, 0.15) is 0 Å². The summed E-state index contributed by atoms with van der Waals surface area (Å²) in [6, 6.07) is 3.76. The van der Waals surface area contributed by atoms with Crippen molar-refractivity contribution in [2.45, 2.75) is 39.3 Å². The second-order valence-electron chi connectivity index (χ2n) is 3.67. The van der Waals surface area contributed by atoms with Gasteiger partial charge in [-0.05, 0) is 32.4 Å². The summed E-state index contributed by atoms with van der Waals surface area (Å²) >= 11 is 7.12. The van der Waals surface area contributed by atoms with Crippen molar-refractivity contribution < 1.29 is 4.79 Å². The summed E-state index contributed by atoms with van der Waals surface area (Å²) in [5.74, 6) is 0.118. The predicted octanol–water partition coefficient (Wildman–Crippen LogP) is 3.36. The molecule has 15 heavy (non-hydrogen) atoms. The Labute approximate surface area is 99.6 Å². The number of carbonyl (C=O) groups is 1. The fraction of sp³-hybridized carbons (Fsp3) is 0.545. The number of hydrogen-bond donors (Lipinski definition) is 1. The Morgan fingerprint density at radius 1 is 1.53 bits per heavy atom. The van der Waals surface area contributed by atoms with Crippen molar-refractivity contribution in [1.29, 1.82) is 0 Å². The quantitative estimate of drug-likeness (QED) is 0.806. The van der Waals surface area contributed by atoms with E-state index >= 15 is 0 Å². The number of carbonyl (C=O) groups excluding carboxylic acids is 1. The first-order valence-corrected chi connectivity index (χ1v) is 6.29. The molecule has 2 atom stereocenters. The monoisotopic (exact) mass is 245 g/mol. The van der Waals surface area contributed by atoms with Crippen molar-refractivity contribution in [2.75, 3.05) is 0 Å². The van der Waals surface area contributed by atoms with Crippen LogP contribution in [0.4, 0.5) is 0 Å². The van der Waals surface area contributed by atoms with Crippen LogP contribution in [0.5, 0.6) is 0 Å². The highest BCUT2D eigenvalue weighted by atomic mass is 35.5. The van der Waals surface area contributed by atoms with E-state index in [4.69, 9.17) is 11.6 Å². The molecule has 1 aromatic heterocycles. The van der Waals surface area contributed by atoms with Gasteiger partial charge >= 0.3 is 0 Å². The van der Waals surface area contributed by atoms with Crippen LogP contribution in [-0.2, 0) is 0 Å². The summed E-state index contributed by atoms with van der Waals surface area (Å²) in [6.45, 7) is 6.06. The summed E-state index contributed by atoms with van der Waals surface area (Å²) in [5, 5.41) is 3.25. The zero-order valence-corrected chi connectivity index (χ0v) is 10.8. The molecule has 0 aromatic carbocycles. The van der Waals surface area contributed by atoms with Crippen LogP contribution in [0.2, 0.25) is 4.34 Å². The zero-order chi connectivity index (χ0) is 11.4. The lowest BCUT2D eigenvalue weighted by Crippen LogP contribution is -2.39. The molecule has 2 unspecified atom stereocenters. The molecular formula is C11H16ClNOS. The second-order valence-corrected chi connectivity index (χ2v) is 5.38. The highest BCUT2D eigenvalue weighted by Gasteiger charge is 2.17. The highest BCUT2D eigenvalue weighted by Crippen LogP contribution is 2.22. The molecule has 1 heterocycles. The summed E-state index contributed by atoms with van der Waals surface area (Å²) in [4.78, 5) is 12.6. The number of rotatable bonds is 5. The summed E-state index contributed by atoms with van der Waals surface area (Å²) in [5.41, 5.74) is 0. The van der Waals surface area contributed by atoms with Crippen LogP contribution in [0, 0.1) is 0 Å². The average molecular weight is 246 g/mol. The normalized spacial score (nSPS) is 14.9. The van der Waals surface area contributed by atoms with Gasteiger partial charge in [0.05, 0.1) is 15.3 Å². The van der Waals surface area contributed by atoms with Gasteiger partial charge in [-0.1, -0.05) is 18.5 Å². The molecule has 0 aliphatic carbocycles. The SMILES string of the molecule is CCC(C)NC(C)C(=O)c1ccc(Cl)s1. The fourth-order valence-electron chi connectivity index (χ4n) is 1.28. The molecule has 84 valence electrons. The van der Waals surface area contributed by atoms with E-state index in [1.54, 1.807) is 12.1 Å². The topological polar surface area (TPSA) is 29.1 Å². The first-order chi connectivity index (χ1) is 7.04. The van der Waals surface area contributed by atoms with Gasteiger partial charge in [-0.25, -0.2) is 0 Å². The van der Waals surface area contributed by atoms with E-state index in [0.29, 0.717) is 10.4 Å². The number of hydrogen-bond acceptors (Lipinski definition) is 3. The Kier molecular flexibility index (Phi) is 4.77. The Hall–Kier alpha value is -0.380. The van der Waals surface area contributed by atoms with Gasteiger partial charge in [0.15, 0.2) is 5.78 Å². The van der Waals surface area contributed by atoms with Gasteiger partial charge in [-0.3, -0.25) is 4.79 Å². The number of halogens is 1. The Morgan fingerprint density at radius 2 is 2.20 bits per heavy atom. The summed E-state index contributed by atoms with van der Waals surface area (Å²) in [6.07, 6.45) is 1.02. The van der Waals surface area contributed by atoms with Gasteiger partial charge in [-0.15, -0.1) is 11.3 Å². The molecule has 4 heteroatoms. The molecule has 2 nitrogen and oxygen atoms in total. The van der Waals surface area contributed by atoms with E-state index in [9.17, 15) is 4.79 Å². The Morgan fingerprint density at radius 3 is 2.67 bits per heavy atom. The van der Waals surface area contributed by atoms with E-state index in [1.807, 2.05) is 6.92 Å². The van der Waals surface area contributed by atoms with Crippen LogP contribution in [0.3, 0.4) is 0 Å². The van der Waals surface area contributed by atoms with E-state index in [-0.39, 0.29) is 11.8 Å². The molecule has 0 spiro atoms. The maximum atomic E-state index is 11.9. The second kappa shape index (κ2) is 5.64. The third-order valence-corrected chi connectivity index (χ3v) is 3.60. The van der Waals surface area contributed by atoms with E-state index in [2.05, 4.69) is 19.2 Å². The minimum absolute atomic E-state index is 0.118. The van der Waals surface area contributed by atoms with Gasteiger partial charge < -0.3 is 5.32 Å². The molecular weight excluding hydrogens is 230 g/mol. The molecule has 0 radical (unpaired) electrons. The lowest BCUT2D eigenvalue weighted by Gasteiger charge is -2.16. The number of Topliss-reactive ketones (excluding diaryl/α,β-unsaturated/α-hetero) is 1. The van der Waals surface area contributed by atoms with Crippen molar-refractivity contribution in [3.05, 3.63) is 21.3 Å². The van der Waals surface area contributed by atoms with Crippen molar-refractivity contribution in [3.63, 3.8) is 0 Å². The van der Waals surface area contributed by atoms with Gasteiger partial charge in [0, 0.05) is 6.04 Å². The van der Waals surface area contributed by atoms with Crippen molar-refractivity contribution in [2.24, 2.45) is 0 Å². The predicted molar refractivity (Wildman–Crippen MR) is 66.0 cm³/mol. The molecule has 0 aliphatic heterocycles. The van der Waals surface area contributed by atoms with Crippen LogP contribution in [-0.4, -0.2) is 17.9 Å². The number of ketones is 1. The van der Waals surface area contributed by atoms with Crippen molar-refractivity contribution in [3.8, 4) is 0 Å². The van der Waals surface area contributed by atoms with Gasteiger partial charge in [0.2, 0.25) is 0 Å². The third-order valence-electron chi connectivity index (χ3n) is 2.36. The first-order valence-electron chi connectivity index (χ1n) is 5.10. The molecule has 0 bridgehead atoms. The van der Waals surface area contributed by atoms with Crippen LogP contribution in [0.1, 0.15) is 36.9 Å². The minimum Gasteiger partial charge on any atom is -0.305 e. The van der Waals surface area contributed by atoms with E-state index in [1.165, 1.54) is 11.3 Å². The fourth-order valence-corrected chi connectivity index (χ4v) is 2.35. The molecule has 0 amide bonds.